The van der Waals surface area contributed by atoms with E-state index in [2.05, 4.69) is 16.4 Å². The van der Waals surface area contributed by atoms with Gasteiger partial charge in [0.1, 0.15) is 12.4 Å². The predicted molar refractivity (Wildman–Crippen MR) is 108 cm³/mol. The number of hydrogen-bond acceptors (Lipinski definition) is 6. The number of para-hydroxylation sites is 1. The first-order valence-corrected chi connectivity index (χ1v) is 10.4. The minimum atomic E-state index is -1.07. The molecule has 1 aromatic carbocycles. The number of rotatable bonds is 1. The molecule has 1 spiro atoms. The van der Waals surface area contributed by atoms with Crippen LogP contribution in [0.5, 0.6) is 5.75 Å². The van der Waals surface area contributed by atoms with Crippen molar-refractivity contribution in [2.45, 2.75) is 38.2 Å². The van der Waals surface area contributed by atoms with Crippen LogP contribution in [0, 0.1) is 6.92 Å². The molecule has 2 aliphatic rings. The standard InChI is InChI=1S/C22H27N3O5/c1-16-19(29-15-24-16)20(26)25-11-13-30-22(14-25)9-5-4-7-17-6-2-3-8-18(17)28-12-10-23-21(22)27/h2-3,6,8,15H,4-5,7,9-14H2,1H3,(H,23,27). The molecule has 3 heterocycles. The van der Waals surface area contributed by atoms with E-state index in [1.807, 2.05) is 18.2 Å². The zero-order valence-corrected chi connectivity index (χ0v) is 17.2. The lowest BCUT2D eigenvalue weighted by atomic mass is 9.91. The minimum Gasteiger partial charge on any atom is -0.491 e. The zero-order chi connectivity index (χ0) is 21.0. The monoisotopic (exact) mass is 413 g/mol. The number of hydrogen-bond donors (Lipinski definition) is 1. The summed E-state index contributed by atoms with van der Waals surface area (Å²) in [5, 5.41) is 2.93. The molecular weight excluding hydrogens is 386 g/mol. The van der Waals surface area contributed by atoms with Crippen molar-refractivity contribution in [1.29, 1.82) is 0 Å². The van der Waals surface area contributed by atoms with Crippen LogP contribution >= 0.6 is 0 Å². The summed E-state index contributed by atoms with van der Waals surface area (Å²) in [5.41, 5.74) is 0.640. The summed E-state index contributed by atoms with van der Waals surface area (Å²) in [7, 11) is 0. The van der Waals surface area contributed by atoms with Crippen molar-refractivity contribution in [1.82, 2.24) is 15.2 Å². The number of nitrogens with zero attached hydrogens (tertiary/aromatic N) is 2. The summed E-state index contributed by atoms with van der Waals surface area (Å²) in [6.07, 6.45) is 4.37. The van der Waals surface area contributed by atoms with Crippen LogP contribution in [0.25, 0.3) is 0 Å². The van der Waals surface area contributed by atoms with Crippen LogP contribution in [0.15, 0.2) is 35.1 Å². The quantitative estimate of drug-likeness (QED) is 0.770. The van der Waals surface area contributed by atoms with Crippen molar-refractivity contribution in [2.75, 3.05) is 32.8 Å². The Morgan fingerprint density at radius 1 is 1.23 bits per heavy atom. The number of ether oxygens (including phenoxy) is 2. The predicted octanol–water partition coefficient (Wildman–Crippen LogP) is 2.12. The van der Waals surface area contributed by atoms with Crippen LogP contribution in [0.1, 0.15) is 41.1 Å². The lowest BCUT2D eigenvalue weighted by Crippen LogP contribution is -2.61. The minimum absolute atomic E-state index is 0.190. The third-order valence-corrected chi connectivity index (χ3v) is 5.72. The van der Waals surface area contributed by atoms with E-state index in [9.17, 15) is 9.59 Å². The maximum Gasteiger partial charge on any atom is 0.291 e. The first kappa shape index (κ1) is 20.4. The fourth-order valence-corrected chi connectivity index (χ4v) is 4.07. The van der Waals surface area contributed by atoms with Gasteiger partial charge in [-0.05, 0) is 44.2 Å². The summed E-state index contributed by atoms with van der Waals surface area (Å²) < 4.78 is 17.2. The van der Waals surface area contributed by atoms with E-state index in [1.54, 1.807) is 11.8 Å². The van der Waals surface area contributed by atoms with Crippen molar-refractivity contribution in [2.24, 2.45) is 0 Å². The molecule has 0 radical (unpaired) electrons. The Morgan fingerprint density at radius 3 is 2.93 bits per heavy atom. The normalized spacial score (nSPS) is 23.0. The molecule has 2 aliphatic heterocycles. The van der Waals surface area contributed by atoms with E-state index < -0.39 is 5.60 Å². The van der Waals surface area contributed by atoms with Crippen molar-refractivity contribution >= 4 is 11.8 Å². The summed E-state index contributed by atoms with van der Waals surface area (Å²) in [6.45, 7) is 3.37. The van der Waals surface area contributed by atoms with Crippen molar-refractivity contribution < 1.29 is 23.5 Å². The van der Waals surface area contributed by atoms with Gasteiger partial charge in [0.25, 0.3) is 11.8 Å². The number of aromatic nitrogens is 1. The fraction of sp³-hybridized carbons (Fsp3) is 0.500. The Bertz CT molecular complexity index is 912. The highest BCUT2D eigenvalue weighted by molar-refractivity contribution is 5.93. The van der Waals surface area contributed by atoms with E-state index >= 15 is 0 Å². The van der Waals surface area contributed by atoms with Crippen molar-refractivity contribution in [3.8, 4) is 5.75 Å². The molecule has 8 nitrogen and oxygen atoms in total. The lowest BCUT2D eigenvalue weighted by molar-refractivity contribution is -0.159. The molecule has 30 heavy (non-hydrogen) atoms. The second-order valence-corrected chi connectivity index (χ2v) is 7.76. The number of oxazole rings is 1. The molecular formula is C22H27N3O5. The van der Waals surface area contributed by atoms with Crippen LogP contribution in [0.3, 0.4) is 0 Å². The maximum absolute atomic E-state index is 13.1. The van der Waals surface area contributed by atoms with Gasteiger partial charge < -0.3 is 24.1 Å². The second kappa shape index (κ2) is 8.87. The molecule has 160 valence electrons. The van der Waals surface area contributed by atoms with Crippen LogP contribution in [-0.2, 0) is 16.0 Å². The average Bonchev–Trinajstić information content (AvgIpc) is 3.19. The molecule has 4 rings (SSSR count). The molecule has 1 atom stereocenters. The number of carbonyl (C=O) groups excluding carboxylic acids is 2. The second-order valence-electron chi connectivity index (χ2n) is 7.76. The van der Waals surface area contributed by atoms with Crippen molar-refractivity contribution in [3.05, 3.63) is 47.7 Å². The highest BCUT2D eigenvalue weighted by Gasteiger charge is 2.45. The molecule has 2 aromatic rings. The smallest absolute Gasteiger partial charge is 0.291 e. The molecule has 0 saturated carbocycles. The fourth-order valence-electron chi connectivity index (χ4n) is 4.07. The Kier molecular flexibility index (Phi) is 6.03. The van der Waals surface area contributed by atoms with Crippen LogP contribution in [0.2, 0.25) is 0 Å². The van der Waals surface area contributed by atoms with Gasteiger partial charge in [-0.1, -0.05) is 18.2 Å². The number of morpholine rings is 1. The Hall–Kier alpha value is -2.87. The van der Waals surface area contributed by atoms with Gasteiger partial charge in [0.05, 0.1) is 25.4 Å². The van der Waals surface area contributed by atoms with Gasteiger partial charge in [0.15, 0.2) is 12.0 Å². The summed E-state index contributed by atoms with van der Waals surface area (Å²) in [6, 6.07) is 8.00. The lowest BCUT2D eigenvalue weighted by Gasteiger charge is -2.41. The topological polar surface area (TPSA) is 93.9 Å². The van der Waals surface area contributed by atoms with Crippen LogP contribution < -0.4 is 10.1 Å². The van der Waals surface area contributed by atoms with Gasteiger partial charge in [-0.25, -0.2) is 4.98 Å². The van der Waals surface area contributed by atoms with E-state index in [4.69, 9.17) is 13.9 Å². The van der Waals surface area contributed by atoms with Crippen LogP contribution in [0.4, 0.5) is 0 Å². The Balaban J connectivity index is 1.50. The molecule has 1 N–H and O–H groups in total. The molecule has 1 saturated heterocycles. The molecule has 1 aromatic heterocycles. The zero-order valence-electron chi connectivity index (χ0n) is 17.2. The van der Waals surface area contributed by atoms with Gasteiger partial charge in [-0.2, -0.15) is 0 Å². The third-order valence-electron chi connectivity index (χ3n) is 5.72. The largest absolute Gasteiger partial charge is 0.491 e. The Labute approximate surface area is 175 Å². The first-order valence-electron chi connectivity index (χ1n) is 10.4. The number of nitrogens with one attached hydrogen (secondary N) is 1. The summed E-state index contributed by atoms with van der Waals surface area (Å²) in [4.78, 5) is 31.7. The number of carbonyl (C=O) groups is 2. The summed E-state index contributed by atoms with van der Waals surface area (Å²) in [5.74, 6) is 0.622. The number of aryl methyl sites for hydroxylation is 2. The molecule has 0 aliphatic carbocycles. The van der Waals surface area contributed by atoms with E-state index in [-0.39, 0.29) is 24.1 Å². The maximum atomic E-state index is 13.1. The highest BCUT2D eigenvalue weighted by atomic mass is 16.5. The van der Waals surface area contributed by atoms with Gasteiger partial charge in [-0.15, -0.1) is 0 Å². The van der Waals surface area contributed by atoms with Gasteiger partial charge >= 0.3 is 0 Å². The van der Waals surface area contributed by atoms with Gasteiger partial charge in [0, 0.05) is 6.54 Å². The molecule has 0 bridgehead atoms. The van der Waals surface area contributed by atoms with E-state index in [1.165, 1.54) is 12.0 Å². The van der Waals surface area contributed by atoms with E-state index in [0.29, 0.717) is 38.4 Å². The van der Waals surface area contributed by atoms with Crippen molar-refractivity contribution in [3.63, 3.8) is 0 Å². The summed E-state index contributed by atoms with van der Waals surface area (Å²) >= 11 is 0. The SMILES string of the molecule is Cc1ncoc1C(=O)N1CCOC2(CCCCc3ccccc3OCCNC2=O)C1. The van der Waals surface area contributed by atoms with Gasteiger partial charge in [-0.3, -0.25) is 9.59 Å². The first-order chi connectivity index (χ1) is 14.6. The van der Waals surface area contributed by atoms with Crippen LogP contribution in [-0.4, -0.2) is 60.1 Å². The highest BCUT2D eigenvalue weighted by Crippen LogP contribution is 2.28. The third kappa shape index (κ3) is 4.18. The molecule has 1 unspecified atom stereocenters. The number of fused-ring (bicyclic) bond motifs is 1. The number of amides is 2. The molecule has 1 fully saturated rings. The number of benzene rings is 1. The van der Waals surface area contributed by atoms with Gasteiger partial charge in [0.2, 0.25) is 5.76 Å². The molecule has 8 heteroatoms. The average molecular weight is 413 g/mol. The molecule has 2 amide bonds. The van der Waals surface area contributed by atoms with E-state index in [0.717, 1.165) is 25.0 Å². The Morgan fingerprint density at radius 2 is 2.10 bits per heavy atom.